The average Bonchev–Trinajstić information content (AvgIpc) is 3.32. The summed E-state index contributed by atoms with van der Waals surface area (Å²) in [6.45, 7) is 4.97. The number of carbonyl (C=O) groups excluding carboxylic acids is 1. The van der Waals surface area contributed by atoms with Gasteiger partial charge in [-0.15, -0.1) is 11.3 Å². The highest BCUT2D eigenvalue weighted by molar-refractivity contribution is 7.14. The van der Waals surface area contributed by atoms with E-state index in [1.54, 1.807) is 0 Å². The van der Waals surface area contributed by atoms with Crippen LogP contribution >= 0.6 is 11.3 Å². The number of aryl methyl sites for hydroxylation is 1. The van der Waals surface area contributed by atoms with E-state index >= 15 is 0 Å². The van der Waals surface area contributed by atoms with E-state index in [9.17, 15) is 4.79 Å². The zero-order valence-corrected chi connectivity index (χ0v) is 16.1. The maximum absolute atomic E-state index is 12.5. The quantitative estimate of drug-likeness (QED) is 0.700. The second kappa shape index (κ2) is 7.32. The molecule has 1 N–H and O–H groups in total. The summed E-state index contributed by atoms with van der Waals surface area (Å²) in [5.41, 5.74) is 5.85. The molecular formula is C21H20N4OS. The number of nitrogens with zero attached hydrogens (tertiary/aromatic N) is 3. The first-order valence-corrected chi connectivity index (χ1v) is 9.72. The van der Waals surface area contributed by atoms with Gasteiger partial charge in [0, 0.05) is 35.2 Å². The molecule has 6 heteroatoms. The summed E-state index contributed by atoms with van der Waals surface area (Å²) in [6, 6.07) is 15.7. The van der Waals surface area contributed by atoms with Crippen LogP contribution in [0.15, 0.2) is 59.0 Å². The van der Waals surface area contributed by atoms with Gasteiger partial charge < -0.3 is 0 Å². The van der Waals surface area contributed by atoms with E-state index in [0.29, 0.717) is 10.7 Å². The molecule has 0 atom stereocenters. The van der Waals surface area contributed by atoms with Crippen molar-refractivity contribution in [3.63, 3.8) is 0 Å². The van der Waals surface area contributed by atoms with Crippen molar-refractivity contribution in [2.45, 2.75) is 20.3 Å². The third-order valence-corrected chi connectivity index (χ3v) is 5.23. The number of thiazole rings is 1. The van der Waals surface area contributed by atoms with Gasteiger partial charge in [-0.2, -0.15) is 5.10 Å². The van der Waals surface area contributed by atoms with Crippen molar-refractivity contribution < 1.29 is 4.79 Å². The van der Waals surface area contributed by atoms with Crippen LogP contribution in [0.5, 0.6) is 0 Å². The van der Waals surface area contributed by atoms with Crippen LogP contribution < -0.4 is 10.3 Å². The standard InChI is InChI=1S/C21H20N4OS/c1-14-3-5-16(6-4-14)19-13-27-21(22-19)23-20(26)17-7-9-18(10-8-17)25-12-11-15(2)24-25/h3-10,13H,11-12H2,1-2H3,(H,22,23,26). The Morgan fingerprint density at radius 2 is 1.81 bits per heavy atom. The summed E-state index contributed by atoms with van der Waals surface area (Å²) in [5.74, 6) is -0.160. The van der Waals surface area contributed by atoms with Gasteiger partial charge in [0.15, 0.2) is 5.13 Å². The Kier molecular flexibility index (Phi) is 4.73. The first-order valence-electron chi connectivity index (χ1n) is 8.84. The second-order valence-corrected chi connectivity index (χ2v) is 7.47. The summed E-state index contributed by atoms with van der Waals surface area (Å²) in [4.78, 5) is 17.0. The monoisotopic (exact) mass is 376 g/mol. The van der Waals surface area contributed by atoms with Crippen LogP contribution in [0.25, 0.3) is 11.3 Å². The molecule has 2 aromatic carbocycles. The molecule has 0 bridgehead atoms. The van der Waals surface area contributed by atoms with Gasteiger partial charge >= 0.3 is 0 Å². The Morgan fingerprint density at radius 3 is 2.48 bits per heavy atom. The van der Waals surface area contributed by atoms with E-state index in [2.05, 4.69) is 34.5 Å². The van der Waals surface area contributed by atoms with Crippen LogP contribution in [-0.4, -0.2) is 23.1 Å². The minimum absolute atomic E-state index is 0.160. The highest BCUT2D eigenvalue weighted by Gasteiger charge is 2.14. The number of aromatic nitrogens is 1. The number of carbonyl (C=O) groups is 1. The van der Waals surface area contributed by atoms with Crippen LogP contribution in [0.3, 0.4) is 0 Å². The van der Waals surface area contributed by atoms with Gasteiger partial charge in [0.25, 0.3) is 5.91 Å². The lowest BCUT2D eigenvalue weighted by Gasteiger charge is -2.13. The minimum Gasteiger partial charge on any atom is -0.298 e. The van der Waals surface area contributed by atoms with Gasteiger partial charge in [0.05, 0.1) is 11.4 Å². The van der Waals surface area contributed by atoms with Gasteiger partial charge in [0.1, 0.15) is 0 Å². The molecule has 4 rings (SSSR count). The maximum atomic E-state index is 12.5. The fraction of sp³-hybridized carbons (Fsp3) is 0.190. The molecule has 1 aliphatic rings. The van der Waals surface area contributed by atoms with E-state index in [4.69, 9.17) is 0 Å². The third kappa shape index (κ3) is 3.90. The van der Waals surface area contributed by atoms with Gasteiger partial charge in [-0.25, -0.2) is 4.98 Å². The third-order valence-electron chi connectivity index (χ3n) is 4.48. The molecule has 0 aliphatic carbocycles. The van der Waals surface area contributed by atoms with Crippen molar-refractivity contribution in [2.75, 3.05) is 16.9 Å². The molecule has 0 unspecified atom stereocenters. The van der Waals surface area contributed by atoms with E-state index in [0.717, 1.165) is 35.6 Å². The summed E-state index contributed by atoms with van der Waals surface area (Å²) in [7, 11) is 0. The van der Waals surface area contributed by atoms with Gasteiger partial charge in [-0.3, -0.25) is 15.1 Å². The van der Waals surface area contributed by atoms with Crippen LogP contribution in [0, 0.1) is 6.92 Å². The zero-order chi connectivity index (χ0) is 18.8. The molecular weight excluding hydrogens is 356 g/mol. The smallest absolute Gasteiger partial charge is 0.257 e. The predicted octanol–water partition coefficient (Wildman–Crippen LogP) is 4.96. The highest BCUT2D eigenvalue weighted by atomic mass is 32.1. The molecule has 5 nitrogen and oxygen atoms in total. The van der Waals surface area contributed by atoms with Crippen molar-refractivity contribution in [2.24, 2.45) is 5.10 Å². The van der Waals surface area contributed by atoms with Crippen molar-refractivity contribution in [3.8, 4) is 11.3 Å². The largest absolute Gasteiger partial charge is 0.298 e. The SMILES string of the molecule is CC1=NN(c2ccc(C(=O)Nc3nc(-c4ccc(C)cc4)cs3)cc2)CC1. The van der Waals surface area contributed by atoms with Gasteiger partial charge in [-0.1, -0.05) is 29.8 Å². The molecule has 27 heavy (non-hydrogen) atoms. The summed E-state index contributed by atoms with van der Waals surface area (Å²) < 4.78 is 0. The first-order chi connectivity index (χ1) is 13.1. The number of nitrogens with one attached hydrogen (secondary N) is 1. The molecule has 0 fully saturated rings. The molecule has 0 radical (unpaired) electrons. The van der Waals surface area contributed by atoms with E-state index in [-0.39, 0.29) is 5.91 Å². The zero-order valence-electron chi connectivity index (χ0n) is 15.3. The van der Waals surface area contributed by atoms with Crippen LogP contribution in [0.4, 0.5) is 10.8 Å². The fourth-order valence-electron chi connectivity index (χ4n) is 2.90. The van der Waals surface area contributed by atoms with Gasteiger partial charge in [-0.05, 0) is 38.1 Å². The Balaban J connectivity index is 1.44. The summed E-state index contributed by atoms with van der Waals surface area (Å²) >= 11 is 1.43. The van der Waals surface area contributed by atoms with Crippen LogP contribution in [0.1, 0.15) is 29.3 Å². The predicted molar refractivity (Wildman–Crippen MR) is 112 cm³/mol. The molecule has 136 valence electrons. The maximum Gasteiger partial charge on any atom is 0.257 e. The summed E-state index contributed by atoms with van der Waals surface area (Å²) in [5, 5.41) is 11.9. The number of hydrogen-bond acceptors (Lipinski definition) is 5. The van der Waals surface area contributed by atoms with E-state index in [1.165, 1.54) is 16.9 Å². The molecule has 1 aliphatic heterocycles. The lowest BCUT2D eigenvalue weighted by Crippen LogP contribution is -2.14. The molecule has 0 spiro atoms. The Morgan fingerprint density at radius 1 is 1.07 bits per heavy atom. The Labute approximate surface area is 162 Å². The number of anilines is 2. The van der Waals surface area contributed by atoms with E-state index in [1.807, 2.05) is 53.7 Å². The number of hydrazone groups is 1. The number of rotatable bonds is 4. The van der Waals surface area contributed by atoms with Gasteiger partial charge in [0.2, 0.25) is 0 Å². The van der Waals surface area contributed by atoms with Crippen LogP contribution in [-0.2, 0) is 0 Å². The number of benzene rings is 2. The lowest BCUT2D eigenvalue weighted by atomic mass is 10.1. The molecule has 0 saturated heterocycles. The molecule has 3 aromatic rings. The Bertz CT molecular complexity index is 990. The molecule has 1 aromatic heterocycles. The molecule has 0 saturated carbocycles. The topological polar surface area (TPSA) is 57.6 Å². The van der Waals surface area contributed by atoms with Crippen LogP contribution in [0.2, 0.25) is 0 Å². The molecule has 2 heterocycles. The van der Waals surface area contributed by atoms with Crippen molar-refractivity contribution >= 4 is 33.8 Å². The number of amides is 1. The first kappa shape index (κ1) is 17.4. The minimum atomic E-state index is -0.160. The lowest BCUT2D eigenvalue weighted by molar-refractivity contribution is 0.102. The van der Waals surface area contributed by atoms with Crippen molar-refractivity contribution in [3.05, 3.63) is 65.0 Å². The average molecular weight is 376 g/mol. The van der Waals surface area contributed by atoms with Crippen molar-refractivity contribution in [1.82, 2.24) is 4.98 Å². The second-order valence-electron chi connectivity index (χ2n) is 6.61. The summed E-state index contributed by atoms with van der Waals surface area (Å²) in [6.07, 6.45) is 0.982. The molecule has 1 amide bonds. The normalized spacial score (nSPS) is 13.6. The van der Waals surface area contributed by atoms with E-state index < -0.39 is 0 Å². The van der Waals surface area contributed by atoms with Crippen molar-refractivity contribution in [1.29, 1.82) is 0 Å². The Hall–Kier alpha value is -2.99. The fourth-order valence-corrected chi connectivity index (χ4v) is 3.62. The number of hydrogen-bond donors (Lipinski definition) is 1. The highest BCUT2D eigenvalue weighted by Crippen LogP contribution is 2.26.